The zero-order valence-electron chi connectivity index (χ0n) is 20.0. The molecule has 3 aliphatic carbocycles. The van der Waals surface area contributed by atoms with Gasteiger partial charge in [0.1, 0.15) is 6.04 Å². The smallest absolute Gasteiger partial charge is 0.237 e. The van der Waals surface area contributed by atoms with Gasteiger partial charge in [0.05, 0.1) is 12.6 Å². The molecule has 8 nitrogen and oxygen atoms in total. The highest BCUT2D eigenvalue weighted by Crippen LogP contribution is 2.61. The van der Waals surface area contributed by atoms with Crippen LogP contribution in [0, 0.1) is 35.0 Å². The van der Waals surface area contributed by atoms with E-state index in [9.17, 15) is 10.1 Å². The highest BCUT2D eigenvalue weighted by molar-refractivity contribution is 5.79. The van der Waals surface area contributed by atoms with E-state index in [0.29, 0.717) is 24.9 Å². The number of aromatic nitrogens is 4. The Bertz CT molecular complexity index is 827. The maximum Gasteiger partial charge on any atom is 0.237 e. The lowest BCUT2D eigenvalue weighted by atomic mass is 9.46. The van der Waals surface area contributed by atoms with Crippen LogP contribution in [0.5, 0.6) is 0 Å². The average Bonchev–Trinajstić information content (AvgIpc) is 3.55. The molecule has 2 heterocycles. The van der Waals surface area contributed by atoms with E-state index >= 15 is 0 Å². The summed E-state index contributed by atoms with van der Waals surface area (Å²) in [6.07, 6.45) is 14.5. The maximum atomic E-state index is 12.8. The number of hydrogen-bond acceptors (Lipinski definition) is 6. The predicted molar refractivity (Wildman–Crippen MR) is 124 cm³/mol. The van der Waals surface area contributed by atoms with Gasteiger partial charge in [-0.2, -0.15) is 10.5 Å². The topological polar surface area (TPSA) is 111 Å². The first-order valence-corrected chi connectivity index (χ1v) is 13.3. The number of rotatable bonds is 6. The van der Waals surface area contributed by atoms with Crippen molar-refractivity contribution in [3.05, 3.63) is 5.82 Å². The van der Waals surface area contributed by atoms with E-state index in [2.05, 4.69) is 38.9 Å². The van der Waals surface area contributed by atoms with Gasteiger partial charge in [0.2, 0.25) is 5.91 Å². The van der Waals surface area contributed by atoms with Crippen molar-refractivity contribution in [2.45, 2.75) is 101 Å². The van der Waals surface area contributed by atoms with Gasteiger partial charge in [-0.15, -0.1) is 10.2 Å². The van der Waals surface area contributed by atoms with Crippen LogP contribution in [0.3, 0.4) is 0 Å². The molecular formula is C25H39N7O. The third-order valence-electron chi connectivity index (χ3n) is 9.48. The van der Waals surface area contributed by atoms with Gasteiger partial charge < -0.3 is 10.2 Å². The largest absolute Gasteiger partial charge is 0.326 e. The van der Waals surface area contributed by atoms with Crippen LogP contribution in [0.15, 0.2) is 0 Å². The van der Waals surface area contributed by atoms with Crippen LogP contribution in [0.25, 0.3) is 0 Å². The van der Waals surface area contributed by atoms with Crippen molar-refractivity contribution in [1.29, 1.82) is 5.26 Å². The van der Waals surface area contributed by atoms with E-state index in [1.54, 1.807) is 4.90 Å². The number of tetrazole rings is 1. The molecule has 1 aromatic rings. The monoisotopic (exact) mass is 453 g/mol. The summed E-state index contributed by atoms with van der Waals surface area (Å²) in [6.45, 7) is 3.21. The Balaban J connectivity index is 1.38. The van der Waals surface area contributed by atoms with E-state index in [1.807, 2.05) is 0 Å². The molecule has 1 aliphatic heterocycles. The second-order valence-corrected chi connectivity index (χ2v) is 11.2. The Kier molecular flexibility index (Phi) is 6.69. The summed E-state index contributed by atoms with van der Waals surface area (Å²) in [5.41, 5.74) is -0.0697. The third kappa shape index (κ3) is 4.18. The molecule has 4 fully saturated rings. The number of likely N-dealkylation sites (tertiary alicyclic amines) is 1. The van der Waals surface area contributed by atoms with Gasteiger partial charge in [0.15, 0.2) is 5.82 Å². The van der Waals surface area contributed by atoms with Gasteiger partial charge in [-0.1, -0.05) is 43.7 Å². The van der Waals surface area contributed by atoms with E-state index in [0.717, 1.165) is 36.9 Å². The second-order valence-electron chi connectivity index (χ2n) is 11.2. The van der Waals surface area contributed by atoms with Crippen LogP contribution < -0.4 is 5.32 Å². The third-order valence-corrected chi connectivity index (χ3v) is 9.48. The van der Waals surface area contributed by atoms with Crippen molar-refractivity contribution < 1.29 is 4.79 Å². The van der Waals surface area contributed by atoms with Crippen molar-refractivity contribution in [2.75, 3.05) is 13.1 Å². The minimum Gasteiger partial charge on any atom is -0.326 e. The number of H-pyrrole nitrogens is 1. The first-order chi connectivity index (χ1) is 16.1. The SMILES string of the molecule is C[C@H](CC1(c2nn[nH]n2)C2CCCCC2CC2CCCCC21)NCC(=O)N1CCCC1C#N. The highest BCUT2D eigenvalue weighted by atomic mass is 16.2. The fourth-order valence-electron chi connectivity index (χ4n) is 8.23. The number of carbonyl (C=O) groups is 1. The first kappa shape index (κ1) is 22.8. The van der Waals surface area contributed by atoms with Crippen molar-refractivity contribution in [2.24, 2.45) is 23.7 Å². The summed E-state index contributed by atoms with van der Waals surface area (Å²) in [5, 5.41) is 29.0. The predicted octanol–water partition coefficient (Wildman–Crippen LogP) is 3.34. The number of fused-ring (bicyclic) bond motifs is 2. The molecule has 2 N–H and O–H groups in total. The molecule has 0 spiro atoms. The quantitative estimate of drug-likeness (QED) is 0.683. The molecule has 0 aromatic carbocycles. The first-order valence-electron chi connectivity index (χ1n) is 13.3. The number of aromatic amines is 1. The average molecular weight is 454 g/mol. The van der Waals surface area contributed by atoms with Crippen molar-refractivity contribution in [1.82, 2.24) is 30.8 Å². The number of amides is 1. The molecule has 0 radical (unpaired) electrons. The molecular weight excluding hydrogens is 414 g/mol. The Morgan fingerprint density at radius 2 is 1.85 bits per heavy atom. The Morgan fingerprint density at radius 3 is 2.48 bits per heavy atom. The van der Waals surface area contributed by atoms with Gasteiger partial charge in [-0.3, -0.25) is 4.79 Å². The zero-order valence-corrected chi connectivity index (χ0v) is 20.0. The number of nitrogens with one attached hydrogen (secondary N) is 2. The number of hydrogen-bond donors (Lipinski definition) is 2. The standard InChI is InChI=1S/C25H39N7O/c1-17(27-16-23(33)32-12-6-9-20(32)15-26)14-25(24-28-30-31-29-24)21-10-4-2-7-18(21)13-19-8-3-5-11-22(19)25/h17-22,27H,2-14,16H2,1H3,(H,28,29,30,31)/t17-,18?,19?,20?,21?,22?,25?/m1/s1. The summed E-state index contributed by atoms with van der Waals surface area (Å²) < 4.78 is 0. The van der Waals surface area contributed by atoms with Crippen molar-refractivity contribution >= 4 is 5.91 Å². The lowest BCUT2D eigenvalue weighted by molar-refractivity contribution is -0.130. The van der Waals surface area contributed by atoms with E-state index in [4.69, 9.17) is 0 Å². The zero-order chi connectivity index (χ0) is 22.8. The van der Waals surface area contributed by atoms with Crippen LogP contribution in [0.2, 0.25) is 0 Å². The van der Waals surface area contributed by atoms with Gasteiger partial charge in [0.25, 0.3) is 0 Å². The highest BCUT2D eigenvalue weighted by Gasteiger charge is 2.58. The Morgan fingerprint density at radius 1 is 1.15 bits per heavy atom. The molecule has 1 aromatic heterocycles. The Labute approximate surface area is 197 Å². The molecule has 0 bridgehead atoms. The van der Waals surface area contributed by atoms with Gasteiger partial charge in [0, 0.05) is 18.0 Å². The minimum absolute atomic E-state index is 0.0502. The molecule has 6 atom stereocenters. The van der Waals surface area contributed by atoms with Gasteiger partial charge in [-0.25, -0.2) is 0 Å². The summed E-state index contributed by atoms with van der Waals surface area (Å²) in [4.78, 5) is 14.6. The van der Waals surface area contributed by atoms with Crippen molar-refractivity contribution in [3.8, 4) is 6.07 Å². The molecule has 1 amide bonds. The van der Waals surface area contributed by atoms with E-state index < -0.39 is 0 Å². The minimum atomic E-state index is -0.260. The lowest BCUT2D eigenvalue weighted by Gasteiger charge is -2.58. The maximum absolute atomic E-state index is 12.8. The number of nitriles is 1. The molecule has 3 saturated carbocycles. The van der Waals surface area contributed by atoms with Crippen LogP contribution >= 0.6 is 0 Å². The molecule has 5 unspecified atom stereocenters. The van der Waals surface area contributed by atoms with Gasteiger partial charge in [-0.05, 0) is 69.1 Å². The van der Waals surface area contributed by atoms with E-state index in [-0.39, 0.29) is 23.4 Å². The van der Waals surface area contributed by atoms with Crippen LogP contribution in [0.1, 0.15) is 89.8 Å². The Hall–Kier alpha value is -2.01. The number of carbonyl (C=O) groups excluding carboxylic acids is 1. The molecule has 180 valence electrons. The summed E-state index contributed by atoms with van der Waals surface area (Å²) in [5.74, 6) is 3.68. The molecule has 33 heavy (non-hydrogen) atoms. The van der Waals surface area contributed by atoms with Crippen LogP contribution in [-0.2, 0) is 10.2 Å². The normalized spacial score (nSPS) is 37.1. The molecule has 5 rings (SSSR count). The second kappa shape index (κ2) is 9.69. The van der Waals surface area contributed by atoms with Gasteiger partial charge >= 0.3 is 0 Å². The summed E-state index contributed by atoms with van der Waals surface area (Å²) in [7, 11) is 0. The summed E-state index contributed by atoms with van der Waals surface area (Å²) in [6, 6.07) is 2.19. The molecule has 8 heteroatoms. The van der Waals surface area contributed by atoms with Crippen molar-refractivity contribution in [3.63, 3.8) is 0 Å². The van der Waals surface area contributed by atoms with E-state index in [1.165, 1.54) is 57.8 Å². The fourth-order valence-corrected chi connectivity index (χ4v) is 8.23. The molecule has 4 aliphatic rings. The number of nitrogens with zero attached hydrogens (tertiary/aromatic N) is 5. The summed E-state index contributed by atoms with van der Waals surface area (Å²) >= 11 is 0. The molecule has 1 saturated heterocycles. The van der Waals surface area contributed by atoms with Crippen LogP contribution in [-0.4, -0.2) is 56.6 Å². The fraction of sp³-hybridized carbons (Fsp3) is 0.880. The van der Waals surface area contributed by atoms with Crippen LogP contribution in [0.4, 0.5) is 0 Å². The lowest BCUT2D eigenvalue weighted by Crippen LogP contribution is -2.57.